The van der Waals surface area contributed by atoms with Gasteiger partial charge in [-0.15, -0.1) is 0 Å². The number of hydrogen-bond donors (Lipinski definition) is 3. The third-order valence-corrected chi connectivity index (χ3v) is 6.93. The van der Waals surface area contributed by atoms with E-state index < -0.39 is 23.0 Å². The van der Waals surface area contributed by atoms with Crippen LogP contribution < -0.4 is 16.2 Å². The second-order valence-electron chi connectivity index (χ2n) is 9.58. The molecule has 40 heavy (non-hydrogen) atoms. The van der Waals surface area contributed by atoms with Crippen LogP contribution >= 0.6 is 0 Å². The summed E-state index contributed by atoms with van der Waals surface area (Å²) < 4.78 is 17.6. The summed E-state index contributed by atoms with van der Waals surface area (Å²) >= 11 is 0. The number of nitrogens with zero attached hydrogens (tertiary/aromatic N) is 2. The molecule has 3 heterocycles. The van der Waals surface area contributed by atoms with Gasteiger partial charge in [0.1, 0.15) is 6.61 Å². The summed E-state index contributed by atoms with van der Waals surface area (Å²) in [6.07, 6.45) is -0.0209. The van der Waals surface area contributed by atoms with E-state index in [0.717, 1.165) is 23.0 Å². The van der Waals surface area contributed by atoms with E-state index >= 15 is 0 Å². The van der Waals surface area contributed by atoms with Crippen molar-refractivity contribution in [3.8, 4) is 11.4 Å². The van der Waals surface area contributed by atoms with Gasteiger partial charge in [0.25, 0.3) is 11.5 Å². The first-order valence-corrected chi connectivity index (χ1v) is 13.4. The number of ether oxygens (including phenoxy) is 3. The van der Waals surface area contributed by atoms with Crippen molar-refractivity contribution in [2.45, 2.75) is 39.0 Å². The van der Waals surface area contributed by atoms with E-state index in [-0.39, 0.29) is 43.9 Å². The fourth-order valence-corrected chi connectivity index (χ4v) is 4.75. The van der Waals surface area contributed by atoms with Crippen LogP contribution in [-0.2, 0) is 42.6 Å². The normalized spacial score (nSPS) is 13.5. The number of nitrogens with one attached hydrogen (secondary N) is 2. The van der Waals surface area contributed by atoms with Gasteiger partial charge in [-0.3, -0.25) is 14.4 Å². The number of rotatable bonds is 14. The lowest BCUT2D eigenvalue weighted by molar-refractivity contribution is -0.142. The highest BCUT2D eigenvalue weighted by Gasteiger charge is 2.40. The number of carbonyl (C=O) groups is 2. The Kier molecular flexibility index (Phi) is 9.64. The zero-order chi connectivity index (χ0) is 28.7. The van der Waals surface area contributed by atoms with Gasteiger partial charge in [-0.2, -0.15) is 0 Å². The zero-order valence-electron chi connectivity index (χ0n) is 23.1. The van der Waals surface area contributed by atoms with Gasteiger partial charge < -0.3 is 34.5 Å². The molecule has 0 fully saturated rings. The summed E-state index contributed by atoms with van der Waals surface area (Å²) in [6.45, 7) is 5.28. The first-order chi connectivity index (χ1) is 19.3. The van der Waals surface area contributed by atoms with E-state index in [4.69, 9.17) is 19.2 Å². The van der Waals surface area contributed by atoms with Crippen molar-refractivity contribution in [2.75, 3.05) is 46.6 Å². The third-order valence-electron chi connectivity index (χ3n) is 6.93. The minimum absolute atomic E-state index is 0.0209. The summed E-state index contributed by atoms with van der Waals surface area (Å²) in [7, 11) is 1.84. The maximum Gasteiger partial charge on any atom is 0.302 e. The molecule has 1 atom stereocenters. The predicted octanol–water partition coefficient (Wildman–Crippen LogP) is 1.45. The first-order valence-electron chi connectivity index (χ1n) is 13.4. The molecule has 1 aliphatic rings. The minimum Gasteiger partial charge on any atom is -0.461 e. The maximum atomic E-state index is 13.7. The van der Waals surface area contributed by atoms with Crippen LogP contribution in [0.25, 0.3) is 22.3 Å². The van der Waals surface area contributed by atoms with E-state index in [1.807, 2.05) is 37.4 Å². The Morgan fingerprint density at radius 3 is 2.52 bits per heavy atom. The number of fused-ring (bicyclic) bond motifs is 4. The Hall–Kier alpha value is -3.64. The molecule has 0 aliphatic carbocycles. The number of aliphatic hydroxyl groups is 1. The SMILES string of the molecule is CC[C@@](O)(C(=O)NCCOCCOCCNC)c1cc2n(c(=O)c1COC(C)=O)Cc1cc3ccccc3nc1-2. The van der Waals surface area contributed by atoms with Gasteiger partial charge in [-0.05, 0) is 31.7 Å². The maximum absolute atomic E-state index is 13.7. The van der Waals surface area contributed by atoms with Crippen LogP contribution in [-0.4, -0.2) is 73.1 Å². The Labute approximate surface area is 232 Å². The Morgan fingerprint density at radius 1 is 1.10 bits per heavy atom. The Balaban J connectivity index is 1.60. The summed E-state index contributed by atoms with van der Waals surface area (Å²) in [5, 5.41) is 18.4. The number of hydrogen-bond acceptors (Lipinski definition) is 9. The number of esters is 1. The number of para-hydroxylation sites is 1. The van der Waals surface area contributed by atoms with Crippen LogP contribution in [0.2, 0.25) is 0 Å². The van der Waals surface area contributed by atoms with E-state index in [9.17, 15) is 19.5 Å². The van der Waals surface area contributed by atoms with Gasteiger partial charge in [-0.25, -0.2) is 4.98 Å². The van der Waals surface area contributed by atoms with Crippen LogP contribution in [0.5, 0.6) is 0 Å². The number of amides is 1. The van der Waals surface area contributed by atoms with Crippen molar-refractivity contribution >= 4 is 22.8 Å². The minimum atomic E-state index is -2.06. The standard InChI is InChI=1S/C29H36N4O7/c1-4-29(37,28(36)31-10-12-39-14-13-38-11-9-30-3)23-16-25-26-21(15-20-7-5-6-8-24(20)32-26)17-33(25)27(35)22(23)18-40-19(2)34/h5-8,15-16,30,37H,4,9-14,17-18H2,1-3H3,(H,31,36)/t29-/m0/s1. The molecule has 0 bridgehead atoms. The monoisotopic (exact) mass is 552 g/mol. The number of aromatic nitrogens is 2. The van der Waals surface area contributed by atoms with Crippen LogP contribution in [0.4, 0.5) is 0 Å². The van der Waals surface area contributed by atoms with Crippen LogP contribution in [0.3, 0.4) is 0 Å². The second-order valence-corrected chi connectivity index (χ2v) is 9.58. The molecule has 214 valence electrons. The lowest BCUT2D eigenvalue weighted by Gasteiger charge is -2.29. The zero-order valence-corrected chi connectivity index (χ0v) is 23.1. The van der Waals surface area contributed by atoms with Gasteiger partial charge in [-0.1, -0.05) is 25.1 Å². The molecule has 1 aliphatic heterocycles. The largest absolute Gasteiger partial charge is 0.461 e. The molecule has 4 rings (SSSR count). The quantitative estimate of drug-likeness (QED) is 0.157. The molecule has 0 saturated heterocycles. The van der Waals surface area contributed by atoms with Crippen molar-refractivity contribution in [2.24, 2.45) is 0 Å². The average molecular weight is 553 g/mol. The van der Waals surface area contributed by atoms with E-state index in [2.05, 4.69) is 10.6 Å². The molecule has 0 spiro atoms. The molecule has 0 unspecified atom stereocenters. The lowest BCUT2D eigenvalue weighted by Crippen LogP contribution is -2.47. The molecule has 2 aromatic heterocycles. The first kappa shape index (κ1) is 29.3. The van der Waals surface area contributed by atoms with Crippen molar-refractivity contribution in [1.29, 1.82) is 0 Å². The smallest absolute Gasteiger partial charge is 0.302 e. The summed E-state index contributed by atoms with van der Waals surface area (Å²) in [5.41, 5.74) is 0.357. The number of likely N-dealkylation sites (N-methyl/N-ethyl adjacent to an activating group) is 1. The average Bonchev–Trinajstić information content (AvgIpc) is 3.31. The highest BCUT2D eigenvalue weighted by Crippen LogP contribution is 2.36. The van der Waals surface area contributed by atoms with Gasteiger partial charge in [0.05, 0.1) is 55.4 Å². The van der Waals surface area contributed by atoms with Gasteiger partial charge >= 0.3 is 5.97 Å². The van der Waals surface area contributed by atoms with Gasteiger partial charge in [0.15, 0.2) is 5.60 Å². The molecule has 3 aromatic rings. The van der Waals surface area contributed by atoms with Crippen molar-refractivity contribution in [1.82, 2.24) is 20.2 Å². The Morgan fingerprint density at radius 2 is 1.82 bits per heavy atom. The molecular formula is C29H36N4O7. The van der Waals surface area contributed by atoms with Gasteiger partial charge in [0, 0.05) is 36.5 Å². The predicted molar refractivity (Wildman–Crippen MR) is 149 cm³/mol. The molecule has 1 aromatic carbocycles. The molecule has 0 radical (unpaired) electrons. The number of benzene rings is 1. The molecule has 1 amide bonds. The van der Waals surface area contributed by atoms with E-state index in [1.165, 1.54) is 6.92 Å². The number of carbonyl (C=O) groups excluding carboxylic acids is 2. The lowest BCUT2D eigenvalue weighted by atomic mass is 9.86. The van der Waals surface area contributed by atoms with E-state index in [1.54, 1.807) is 17.6 Å². The molecule has 11 nitrogen and oxygen atoms in total. The highest BCUT2D eigenvalue weighted by molar-refractivity contribution is 5.88. The number of pyridine rings is 2. The Bertz CT molecular complexity index is 1440. The molecule has 3 N–H and O–H groups in total. The molecule has 11 heteroatoms. The van der Waals surface area contributed by atoms with E-state index in [0.29, 0.717) is 31.2 Å². The summed E-state index contributed by atoms with van der Waals surface area (Å²) in [6, 6.07) is 11.3. The van der Waals surface area contributed by atoms with Crippen LogP contribution in [0, 0.1) is 0 Å². The second kappa shape index (κ2) is 13.1. The fourth-order valence-electron chi connectivity index (χ4n) is 4.75. The summed E-state index contributed by atoms with van der Waals surface area (Å²) in [5.74, 6) is -1.26. The van der Waals surface area contributed by atoms with Crippen molar-refractivity contribution in [3.05, 3.63) is 63.4 Å². The molecule has 0 saturated carbocycles. The van der Waals surface area contributed by atoms with Crippen molar-refractivity contribution < 1.29 is 28.9 Å². The fraction of sp³-hybridized carbons (Fsp3) is 0.448. The highest BCUT2D eigenvalue weighted by atomic mass is 16.5. The summed E-state index contributed by atoms with van der Waals surface area (Å²) in [4.78, 5) is 43.5. The van der Waals surface area contributed by atoms with Crippen LogP contribution in [0.15, 0.2) is 41.2 Å². The van der Waals surface area contributed by atoms with Gasteiger partial charge in [0.2, 0.25) is 0 Å². The third kappa shape index (κ3) is 6.23. The molecular weight excluding hydrogens is 516 g/mol. The topological polar surface area (TPSA) is 141 Å². The van der Waals surface area contributed by atoms with Crippen molar-refractivity contribution in [3.63, 3.8) is 0 Å². The van der Waals surface area contributed by atoms with Crippen LogP contribution in [0.1, 0.15) is 37.0 Å².